The van der Waals surface area contributed by atoms with E-state index in [1.807, 2.05) is 36.4 Å². The lowest BCUT2D eigenvalue weighted by Gasteiger charge is -2.42. The van der Waals surface area contributed by atoms with Crippen molar-refractivity contribution in [1.82, 2.24) is 5.16 Å². The third-order valence-corrected chi connectivity index (χ3v) is 7.24. The van der Waals surface area contributed by atoms with Crippen molar-refractivity contribution in [2.75, 3.05) is 26.7 Å². The second-order valence-electron chi connectivity index (χ2n) is 9.63. The zero-order chi connectivity index (χ0) is 21.7. The third kappa shape index (κ3) is 5.01. The quantitative estimate of drug-likeness (QED) is 0.512. The lowest BCUT2D eigenvalue weighted by molar-refractivity contribution is -0.917. The molecule has 4 rings (SSSR count). The van der Waals surface area contributed by atoms with Gasteiger partial charge in [0.15, 0.2) is 11.7 Å². The predicted molar refractivity (Wildman–Crippen MR) is 117 cm³/mol. The molecule has 168 valence electrons. The van der Waals surface area contributed by atoms with Crippen LogP contribution in [0.3, 0.4) is 0 Å². The Kier molecular flexibility index (Phi) is 6.77. The lowest BCUT2D eigenvalue weighted by Crippen LogP contribution is -2.55. The highest BCUT2D eigenvalue weighted by Crippen LogP contribution is 2.42. The highest BCUT2D eigenvalue weighted by atomic mass is 16.6. The number of carbonyl (C=O) groups is 1. The van der Waals surface area contributed by atoms with Crippen molar-refractivity contribution < 1.29 is 23.6 Å². The molecule has 2 unspecified atom stereocenters. The number of piperidine rings is 1. The maximum Gasteiger partial charge on any atom is 0.343 e. The SMILES string of the molecule is C[N+]1(CCCc2ccon2)CCC[C@@H](OC(=O)C(O)(c2ccccc2)C2CCCC2)C1. The zero-order valence-corrected chi connectivity index (χ0v) is 18.5. The molecule has 1 N–H and O–H groups in total. The number of esters is 1. The Morgan fingerprint density at radius 3 is 2.68 bits per heavy atom. The van der Waals surface area contributed by atoms with E-state index in [0.717, 1.165) is 81.2 Å². The number of aliphatic hydroxyl groups is 1. The molecule has 1 aliphatic heterocycles. The summed E-state index contributed by atoms with van der Waals surface area (Å²) < 4.78 is 11.8. The summed E-state index contributed by atoms with van der Waals surface area (Å²) in [7, 11) is 2.24. The fourth-order valence-electron chi connectivity index (χ4n) is 5.48. The van der Waals surface area contributed by atoms with Gasteiger partial charge in [0, 0.05) is 24.8 Å². The van der Waals surface area contributed by atoms with Gasteiger partial charge in [-0.15, -0.1) is 0 Å². The molecular formula is C25H35N2O4+. The summed E-state index contributed by atoms with van der Waals surface area (Å²) in [6.07, 6.45) is 9.07. The molecular weight excluding hydrogens is 392 g/mol. The summed E-state index contributed by atoms with van der Waals surface area (Å²) in [5, 5.41) is 15.7. The molecule has 1 aromatic carbocycles. The van der Waals surface area contributed by atoms with E-state index in [-0.39, 0.29) is 12.0 Å². The summed E-state index contributed by atoms with van der Waals surface area (Å²) in [5.74, 6) is -0.541. The van der Waals surface area contributed by atoms with E-state index in [1.165, 1.54) is 0 Å². The minimum Gasteiger partial charge on any atom is -0.454 e. The van der Waals surface area contributed by atoms with Crippen molar-refractivity contribution >= 4 is 5.97 Å². The Hall–Kier alpha value is -2.18. The number of nitrogens with zero attached hydrogens (tertiary/aromatic N) is 2. The highest BCUT2D eigenvalue weighted by Gasteiger charge is 2.49. The average Bonchev–Trinajstić information content (AvgIpc) is 3.48. The van der Waals surface area contributed by atoms with Crippen molar-refractivity contribution in [2.45, 2.75) is 63.1 Å². The van der Waals surface area contributed by atoms with Crippen molar-refractivity contribution in [1.29, 1.82) is 0 Å². The second kappa shape index (κ2) is 9.53. The van der Waals surface area contributed by atoms with E-state index < -0.39 is 11.6 Å². The number of carbonyl (C=O) groups excluding carboxylic acids is 1. The van der Waals surface area contributed by atoms with E-state index in [0.29, 0.717) is 5.56 Å². The topological polar surface area (TPSA) is 72.6 Å². The van der Waals surface area contributed by atoms with Gasteiger partial charge in [0.25, 0.3) is 0 Å². The van der Waals surface area contributed by atoms with Crippen molar-refractivity contribution in [3.8, 4) is 0 Å². The standard InChI is InChI=1S/C25H35N2O4/c1-27(16-7-13-22-15-18-30-26-22)17-8-14-23(19-27)31-24(28)25(29,21-11-5-6-12-21)20-9-3-2-4-10-20/h2-4,9-10,15,18,21,23,29H,5-8,11-14,16-17,19H2,1H3/q+1/t23-,25?,27?/m1/s1. The molecule has 2 heterocycles. The lowest BCUT2D eigenvalue weighted by atomic mass is 9.80. The summed E-state index contributed by atoms with van der Waals surface area (Å²) >= 11 is 0. The number of aromatic nitrogens is 1. The molecule has 0 spiro atoms. The molecule has 2 aromatic rings. The number of rotatable bonds is 8. The van der Waals surface area contributed by atoms with Gasteiger partial charge >= 0.3 is 5.97 Å². The van der Waals surface area contributed by atoms with Gasteiger partial charge in [-0.2, -0.15) is 0 Å². The van der Waals surface area contributed by atoms with E-state index in [2.05, 4.69) is 12.2 Å². The van der Waals surface area contributed by atoms with Gasteiger partial charge in [-0.25, -0.2) is 4.79 Å². The van der Waals surface area contributed by atoms with Crippen LogP contribution in [-0.2, 0) is 21.6 Å². The molecule has 3 atom stereocenters. The third-order valence-electron chi connectivity index (χ3n) is 7.24. The maximum absolute atomic E-state index is 13.4. The van der Waals surface area contributed by atoms with Crippen molar-refractivity contribution in [3.05, 3.63) is 53.9 Å². The molecule has 0 amide bonds. The first-order valence-electron chi connectivity index (χ1n) is 11.7. The van der Waals surface area contributed by atoms with Gasteiger partial charge in [0.1, 0.15) is 12.8 Å². The Labute approximate surface area is 184 Å². The first-order chi connectivity index (χ1) is 15.0. The number of aryl methyl sites for hydroxylation is 1. The number of ether oxygens (including phenoxy) is 1. The molecule has 0 radical (unpaired) electrons. The van der Waals surface area contributed by atoms with E-state index in [9.17, 15) is 9.90 Å². The van der Waals surface area contributed by atoms with Crippen LogP contribution in [0.4, 0.5) is 0 Å². The number of likely N-dealkylation sites (N-methyl/N-ethyl adjacent to an activating group) is 1. The van der Waals surface area contributed by atoms with E-state index in [1.54, 1.807) is 6.26 Å². The number of quaternary nitrogens is 1. The summed E-state index contributed by atoms with van der Waals surface area (Å²) in [5.41, 5.74) is 0.0922. The number of hydrogen-bond acceptors (Lipinski definition) is 5. The summed E-state index contributed by atoms with van der Waals surface area (Å²) in [6.45, 7) is 2.88. The Balaban J connectivity index is 1.41. The van der Waals surface area contributed by atoms with Gasteiger partial charge in [0.05, 0.1) is 25.8 Å². The predicted octanol–water partition coefficient (Wildman–Crippen LogP) is 3.84. The van der Waals surface area contributed by atoms with Gasteiger partial charge < -0.3 is 18.8 Å². The average molecular weight is 428 g/mol. The smallest absolute Gasteiger partial charge is 0.343 e. The van der Waals surface area contributed by atoms with Gasteiger partial charge in [-0.1, -0.05) is 48.3 Å². The monoisotopic (exact) mass is 427 g/mol. The van der Waals surface area contributed by atoms with Crippen LogP contribution in [0.2, 0.25) is 0 Å². The second-order valence-corrected chi connectivity index (χ2v) is 9.63. The molecule has 1 saturated heterocycles. The van der Waals surface area contributed by atoms with Gasteiger partial charge in [-0.3, -0.25) is 0 Å². The molecule has 31 heavy (non-hydrogen) atoms. The van der Waals surface area contributed by atoms with Crippen molar-refractivity contribution in [3.63, 3.8) is 0 Å². The zero-order valence-electron chi connectivity index (χ0n) is 18.5. The fraction of sp³-hybridized carbons (Fsp3) is 0.600. The number of likely N-dealkylation sites (tertiary alicyclic amines) is 1. The van der Waals surface area contributed by atoms with E-state index in [4.69, 9.17) is 9.26 Å². The Morgan fingerprint density at radius 2 is 1.97 bits per heavy atom. The Morgan fingerprint density at radius 1 is 1.19 bits per heavy atom. The first kappa shape index (κ1) is 22.0. The van der Waals surface area contributed by atoms with Crippen molar-refractivity contribution in [2.24, 2.45) is 5.92 Å². The van der Waals surface area contributed by atoms with Crippen LogP contribution in [-0.4, -0.2) is 53.5 Å². The first-order valence-corrected chi connectivity index (χ1v) is 11.7. The maximum atomic E-state index is 13.4. The molecule has 1 aromatic heterocycles. The molecule has 1 aliphatic carbocycles. The van der Waals surface area contributed by atoms with Crippen LogP contribution in [0.5, 0.6) is 0 Å². The minimum atomic E-state index is -1.55. The normalized spacial score (nSPS) is 26.5. The molecule has 6 nitrogen and oxygen atoms in total. The largest absolute Gasteiger partial charge is 0.454 e. The molecule has 0 bridgehead atoms. The van der Waals surface area contributed by atoms with Crippen LogP contribution in [0.1, 0.15) is 56.2 Å². The summed E-state index contributed by atoms with van der Waals surface area (Å²) in [6, 6.07) is 11.3. The van der Waals surface area contributed by atoms with Crippen LogP contribution in [0.25, 0.3) is 0 Å². The fourth-order valence-corrected chi connectivity index (χ4v) is 5.48. The van der Waals surface area contributed by atoms with Gasteiger partial charge in [0.2, 0.25) is 0 Å². The van der Waals surface area contributed by atoms with Crippen LogP contribution < -0.4 is 0 Å². The van der Waals surface area contributed by atoms with Crippen LogP contribution in [0.15, 0.2) is 47.2 Å². The molecule has 1 saturated carbocycles. The molecule has 6 heteroatoms. The van der Waals surface area contributed by atoms with Crippen LogP contribution >= 0.6 is 0 Å². The Bertz CT molecular complexity index is 834. The minimum absolute atomic E-state index is 0.0747. The van der Waals surface area contributed by atoms with Crippen LogP contribution in [0, 0.1) is 5.92 Å². The summed E-state index contributed by atoms with van der Waals surface area (Å²) in [4.78, 5) is 13.4. The number of benzene rings is 1. The van der Waals surface area contributed by atoms with Gasteiger partial charge in [-0.05, 0) is 31.2 Å². The molecule has 2 aliphatic rings. The van der Waals surface area contributed by atoms with E-state index >= 15 is 0 Å². The highest BCUT2D eigenvalue weighted by molar-refractivity contribution is 5.81. The number of hydrogen-bond donors (Lipinski definition) is 1. The molecule has 2 fully saturated rings.